The summed E-state index contributed by atoms with van der Waals surface area (Å²) >= 11 is 0. The number of carboxylic acid groups (broad SMARTS) is 1. The summed E-state index contributed by atoms with van der Waals surface area (Å²) in [5.41, 5.74) is 5.97. The minimum atomic E-state index is -1.39. The van der Waals surface area contributed by atoms with Gasteiger partial charge < -0.3 is 31.9 Å². The van der Waals surface area contributed by atoms with Crippen molar-refractivity contribution in [2.75, 3.05) is 0 Å². The molecule has 180 valence electrons. The van der Waals surface area contributed by atoms with E-state index in [1.54, 1.807) is 20.8 Å². The lowest BCUT2D eigenvalue weighted by Gasteiger charge is -2.29. The summed E-state index contributed by atoms with van der Waals surface area (Å²) in [6.45, 7) is 11.9. The molecule has 3 amide bonds. The van der Waals surface area contributed by atoms with E-state index in [9.17, 15) is 29.4 Å². The average Bonchev–Trinajstić information content (AvgIpc) is 2.70. The number of carboxylic acids is 1. The molecule has 0 rings (SSSR count). The Kier molecular flexibility index (Phi) is 12.3. The van der Waals surface area contributed by atoms with Crippen LogP contribution in [0.2, 0.25) is 0 Å². The number of aliphatic hydroxyl groups excluding tert-OH is 1. The van der Waals surface area contributed by atoms with E-state index in [0.29, 0.717) is 12.8 Å². The number of aliphatic hydroxyl groups is 1. The molecule has 0 aromatic rings. The van der Waals surface area contributed by atoms with Crippen LogP contribution in [-0.2, 0) is 19.2 Å². The van der Waals surface area contributed by atoms with Crippen molar-refractivity contribution in [3.8, 4) is 0 Å². The molecule has 0 heterocycles. The smallest absolute Gasteiger partial charge is 0.326 e. The Morgan fingerprint density at radius 3 is 1.55 bits per heavy atom. The molecule has 0 spiro atoms. The molecular formula is C21H40N4O6. The highest BCUT2D eigenvalue weighted by Gasteiger charge is 2.35. The number of rotatable bonds is 13. The Balaban J connectivity index is 5.51. The van der Waals surface area contributed by atoms with Crippen LogP contribution in [-0.4, -0.2) is 64.2 Å². The van der Waals surface area contributed by atoms with Crippen LogP contribution in [0.4, 0.5) is 0 Å². The summed E-state index contributed by atoms with van der Waals surface area (Å²) in [4.78, 5) is 49.4. The first-order chi connectivity index (χ1) is 14.3. The number of hydrogen-bond acceptors (Lipinski definition) is 6. The lowest BCUT2D eigenvalue weighted by molar-refractivity contribution is -0.144. The zero-order chi connectivity index (χ0) is 24.5. The number of nitrogens with two attached hydrogens (primary N) is 1. The van der Waals surface area contributed by atoms with E-state index in [4.69, 9.17) is 5.73 Å². The van der Waals surface area contributed by atoms with Gasteiger partial charge in [0.15, 0.2) is 0 Å². The van der Waals surface area contributed by atoms with Gasteiger partial charge in [-0.05, 0) is 24.7 Å². The van der Waals surface area contributed by atoms with Crippen molar-refractivity contribution in [2.24, 2.45) is 23.5 Å². The van der Waals surface area contributed by atoms with Gasteiger partial charge in [0.05, 0.1) is 12.1 Å². The largest absolute Gasteiger partial charge is 0.480 e. The third-order valence-electron chi connectivity index (χ3n) is 5.65. The second kappa shape index (κ2) is 13.3. The third kappa shape index (κ3) is 8.82. The van der Waals surface area contributed by atoms with Crippen LogP contribution in [0.3, 0.4) is 0 Å². The molecule has 10 heteroatoms. The maximum atomic E-state index is 12.9. The normalized spacial score (nSPS) is 18.1. The Hall–Kier alpha value is -2.20. The zero-order valence-corrected chi connectivity index (χ0v) is 19.6. The highest BCUT2D eigenvalue weighted by atomic mass is 16.4. The highest BCUT2D eigenvalue weighted by Crippen LogP contribution is 2.12. The standard InChI is InChI=1S/C21H40N4O6/c1-8-11(5)14(22)18(27)24-16(12(6)9-2)19(28)25-17(13(7)26)20(29)23-15(10(3)4)21(30)31/h10-17,26H,8-9,22H2,1-7H3,(H,23,29)(H,24,27)(H,25,28)(H,30,31). The first kappa shape index (κ1) is 28.8. The van der Waals surface area contributed by atoms with Crippen molar-refractivity contribution >= 4 is 23.7 Å². The molecule has 0 aromatic carbocycles. The summed E-state index contributed by atoms with van der Waals surface area (Å²) in [6, 6.07) is -4.33. The van der Waals surface area contributed by atoms with Gasteiger partial charge in [0.2, 0.25) is 17.7 Å². The maximum Gasteiger partial charge on any atom is 0.326 e. The Morgan fingerprint density at radius 1 is 0.742 bits per heavy atom. The Bertz CT molecular complexity index is 625. The zero-order valence-electron chi connectivity index (χ0n) is 19.6. The van der Waals surface area contributed by atoms with Crippen LogP contribution in [0.5, 0.6) is 0 Å². The van der Waals surface area contributed by atoms with Crippen LogP contribution in [0.25, 0.3) is 0 Å². The van der Waals surface area contributed by atoms with Crippen molar-refractivity contribution in [3.63, 3.8) is 0 Å². The Labute approximate surface area is 184 Å². The quantitative estimate of drug-likeness (QED) is 0.232. The number of aliphatic carboxylic acids is 1. The van der Waals surface area contributed by atoms with Crippen molar-refractivity contribution in [2.45, 2.75) is 91.6 Å². The average molecular weight is 445 g/mol. The molecule has 0 bridgehead atoms. The molecule has 7 unspecified atom stereocenters. The van der Waals surface area contributed by atoms with Crippen LogP contribution in [0.15, 0.2) is 0 Å². The molecule has 0 aliphatic rings. The molecule has 0 saturated heterocycles. The number of hydrogen-bond donors (Lipinski definition) is 6. The van der Waals surface area contributed by atoms with Gasteiger partial charge in [-0.25, -0.2) is 4.79 Å². The van der Waals surface area contributed by atoms with E-state index in [-0.39, 0.29) is 11.8 Å². The van der Waals surface area contributed by atoms with Gasteiger partial charge in [0.1, 0.15) is 18.1 Å². The van der Waals surface area contributed by atoms with Crippen molar-refractivity contribution in [1.29, 1.82) is 0 Å². The number of amides is 3. The second-order valence-corrected chi connectivity index (χ2v) is 8.58. The van der Waals surface area contributed by atoms with Gasteiger partial charge in [-0.2, -0.15) is 0 Å². The number of nitrogens with one attached hydrogen (secondary N) is 3. The fourth-order valence-electron chi connectivity index (χ4n) is 2.87. The molecule has 0 aliphatic carbocycles. The molecule has 31 heavy (non-hydrogen) atoms. The molecule has 0 fully saturated rings. The van der Waals surface area contributed by atoms with E-state index in [2.05, 4.69) is 16.0 Å². The molecule has 0 radical (unpaired) electrons. The molecule has 0 aromatic heterocycles. The summed E-state index contributed by atoms with van der Waals surface area (Å²) in [7, 11) is 0. The van der Waals surface area contributed by atoms with E-state index < -0.39 is 59.9 Å². The highest BCUT2D eigenvalue weighted by molar-refractivity contribution is 5.94. The van der Waals surface area contributed by atoms with Gasteiger partial charge in [0.25, 0.3) is 0 Å². The third-order valence-corrected chi connectivity index (χ3v) is 5.65. The Morgan fingerprint density at radius 2 is 1.16 bits per heavy atom. The molecule has 10 nitrogen and oxygen atoms in total. The predicted octanol–water partition coefficient (Wildman–Crippen LogP) is -0.0183. The van der Waals surface area contributed by atoms with E-state index >= 15 is 0 Å². The predicted molar refractivity (Wildman–Crippen MR) is 117 cm³/mol. The minimum absolute atomic E-state index is 0.0828. The van der Waals surface area contributed by atoms with E-state index in [1.165, 1.54) is 6.92 Å². The van der Waals surface area contributed by atoms with Crippen molar-refractivity contribution in [1.82, 2.24) is 16.0 Å². The second-order valence-electron chi connectivity index (χ2n) is 8.58. The monoisotopic (exact) mass is 444 g/mol. The summed E-state index contributed by atoms with van der Waals surface area (Å²) in [6.07, 6.45) is -0.0301. The summed E-state index contributed by atoms with van der Waals surface area (Å²) in [5.74, 6) is -3.93. The van der Waals surface area contributed by atoms with Crippen LogP contribution >= 0.6 is 0 Å². The van der Waals surface area contributed by atoms with Gasteiger partial charge in [-0.15, -0.1) is 0 Å². The number of carbonyl (C=O) groups excluding carboxylic acids is 3. The van der Waals surface area contributed by atoms with Crippen molar-refractivity contribution < 1.29 is 29.4 Å². The fraction of sp³-hybridized carbons (Fsp3) is 0.810. The van der Waals surface area contributed by atoms with Gasteiger partial charge in [-0.3, -0.25) is 14.4 Å². The molecule has 0 aliphatic heterocycles. The van der Waals surface area contributed by atoms with Crippen LogP contribution < -0.4 is 21.7 Å². The molecule has 7 N–H and O–H groups in total. The van der Waals surface area contributed by atoms with Crippen LogP contribution in [0, 0.1) is 17.8 Å². The fourth-order valence-corrected chi connectivity index (χ4v) is 2.87. The molecule has 0 saturated carbocycles. The maximum absolute atomic E-state index is 12.9. The topological polar surface area (TPSA) is 171 Å². The van der Waals surface area contributed by atoms with Crippen LogP contribution in [0.1, 0.15) is 61.3 Å². The first-order valence-corrected chi connectivity index (χ1v) is 10.9. The van der Waals surface area contributed by atoms with Gasteiger partial charge in [-0.1, -0.05) is 54.4 Å². The minimum Gasteiger partial charge on any atom is -0.480 e. The van der Waals surface area contributed by atoms with E-state index in [0.717, 1.165) is 0 Å². The lowest BCUT2D eigenvalue weighted by Crippen LogP contribution is -2.61. The molecular weight excluding hydrogens is 404 g/mol. The molecule has 7 atom stereocenters. The lowest BCUT2D eigenvalue weighted by atomic mass is 9.95. The van der Waals surface area contributed by atoms with Gasteiger partial charge in [0, 0.05) is 0 Å². The van der Waals surface area contributed by atoms with Crippen molar-refractivity contribution in [3.05, 3.63) is 0 Å². The van der Waals surface area contributed by atoms with E-state index in [1.807, 2.05) is 20.8 Å². The summed E-state index contributed by atoms with van der Waals surface area (Å²) < 4.78 is 0. The summed E-state index contributed by atoms with van der Waals surface area (Å²) in [5, 5.41) is 26.8. The van der Waals surface area contributed by atoms with Gasteiger partial charge >= 0.3 is 5.97 Å². The first-order valence-electron chi connectivity index (χ1n) is 10.9. The number of carbonyl (C=O) groups is 4. The SMILES string of the molecule is CCC(C)C(N)C(=O)NC(C(=O)NC(C(=O)NC(C(=O)O)C(C)C)C(C)O)C(C)CC.